The lowest BCUT2D eigenvalue weighted by Gasteiger charge is -2.30. The van der Waals surface area contributed by atoms with E-state index in [0.29, 0.717) is 109 Å². The number of unbranched alkanes of at least 4 members (excludes halogenated alkanes) is 2. The van der Waals surface area contributed by atoms with Gasteiger partial charge in [-0.25, -0.2) is 16.8 Å². The highest BCUT2D eigenvalue weighted by Gasteiger charge is 2.47. The molecule has 0 amide bonds. The highest BCUT2D eigenvalue weighted by Crippen LogP contribution is 2.53. The Morgan fingerprint density at radius 1 is 0.754 bits per heavy atom. The largest absolute Gasteiger partial charge is 0.744 e. The second kappa shape index (κ2) is 21.4. The standard InChI is InChI=1S/C48H60N2O13S2/c1-47(2)42(49(22-10-6-7-16-44(51)52)39-20-18-37-38(45(39)47)32-35(64(53,54)55)33-41(37)65(56,57)58)14-11-15-43-48(3,21-24-61-28-29-63-31-30-62-27-26-60-5)46-36-13-9-8-12-34(36)17-19-40(46)50(43)23-25-59-4/h8-9,11-15,17-20,32-33H,6-7,10,16,21-31H2,1-5H3,(H2-,51,52,53,54,55,56,57,58)/p-1. The molecule has 15 nitrogen and oxygen atoms in total. The average molecular weight is 936 g/mol. The molecule has 0 spiro atoms. The first-order valence-corrected chi connectivity index (χ1v) is 24.6. The van der Waals surface area contributed by atoms with Crippen molar-refractivity contribution < 1.29 is 64.1 Å². The summed E-state index contributed by atoms with van der Waals surface area (Å²) in [6.45, 7) is 10.7. The van der Waals surface area contributed by atoms with Crippen LogP contribution in [0.15, 0.2) is 94.4 Å². The second-order valence-corrected chi connectivity index (χ2v) is 19.6. The average Bonchev–Trinajstić information content (AvgIpc) is 3.62. The summed E-state index contributed by atoms with van der Waals surface area (Å²) in [4.78, 5) is 12.0. The maximum absolute atomic E-state index is 12.5. The van der Waals surface area contributed by atoms with E-state index < -0.39 is 46.8 Å². The lowest BCUT2D eigenvalue weighted by atomic mass is 9.76. The molecule has 4 aromatic carbocycles. The number of fused-ring (bicyclic) bond motifs is 6. The topological polar surface area (TPSA) is 204 Å². The number of methoxy groups -OCH3 is 2. The molecule has 4 aromatic rings. The van der Waals surface area contributed by atoms with E-state index >= 15 is 0 Å². The van der Waals surface area contributed by atoms with Gasteiger partial charge in [-0.2, -0.15) is 4.58 Å². The van der Waals surface area contributed by atoms with Gasteiger partial charge in [0.05, 0.1) is 61.5 Å². The van der Waals surface area contributed by atoms with Crippen LogP contribution in [0.25, 0.3) is 21.5 Å². The minimum Gasteiger partial charge on any atom is -0.744 e. The summed E-state index contributed by atoms with van der Waals surface area (Å²) in [6.07, 6.45) is 8.40. The number of carboxylic acids is 1. The van der Waals surface area contributed by atoms with Gasteiger partial charge in [0.2, 0.25) is 5.69 Å². The van der Waals surface area contributed by atoms with Crippen molar-refractivity contribution >= 4 is 64.8 Å². The highest BCUT2D eigenvalue weighted by atomic mass is 32.2. The molecule has 1 unspecified atom stereocenters. The van der Waals surface area contributed by atoms with Crippen LogP contribution in [-0.4, -0.2) is 127 Å². The molecule has 17 heteroatoms. The number of carbonyl (C=O) groups is 1. The summed E-state index contributed by atoms with van der Waals surface area (Å²) in [5.41, 5.74) is 3.77. The molecule has 1 atom stereocenters. The Bertz CT molecular complexity index is 2690. The number of hydrogen-bond acceptors (Lipinski definition) is 13. The zero-order valence-electron chi connectivity index (χ0n) is 37.7. The van der Waals surface area contributed by atoms with Crippen molar-refractivity contribution in [3.05, 3.63) is 95.7 Å². The van der Waals surface area contributed by atoms with Crippen molar-refractivity contribution in [1.82, 2.24) is 0 Å². The molecular weight excluding hydrogens is 877 g/mol. The number of allylic oxidation sites excluding steroid dienone is 4. The van der Waals surface area contributed by atoms with Crippen LogP contribution in [0.5, 0.6) is 0 Å². The molecular formula is C48H59N2O13S2-. The quantitative estimate of drug-likeness (QED) is 0.0414. The summed E-state index contributed by atoms with van der Waals surface area (Å²) in [5.74, 6) is -0.884. The van der Waals surface area contributed by atoms with Crippen molar-refractivity contribution in [3.63, 3.8) is 0 Å². The lowest BCUT2D eigenvalue weighted by molar-refractivity contribution is -0.438. The van der Waals surface area contributed by atoms with Crippen molar-refractivity contribution in [1.29, 1.82) is 0 Å². The van der Waals surface area contributed by atoms with Gasteiger partial charge in [-0.05, 0) is 92.1 Å². The van der Waals surface area contributed by atoms with Gasteiger partial charge in [0, 0.05) is 80.1 Å². The third-order valence-corrected chi connectivity index (χ3v) is 14.0. The number of benzene rings is 4. The number of hydrogen-bond donors (Lipinski definition) is 1. The van der Waals surface area contributed by atoms with Crippen LogP contribution >= 0.6 is 0 Å². The van der Waals surface area contributed by atoms with Gasteiger partial charge in [-0.3, -0.25) is 4.79 Å². The van der Waals surface area contributed by atoms with E-state index in [9.17, 15) is 35.8 Å². The second-order valence-electron chi connectivity index (χ2n) is 16.9. The van der Waals surface area contributed by atoms with E-state index in [0.717, 1.165) is 33.9 Å². The summed E-state index contributed by atoms with van der Waals surface area (Å²) in [6, 6.07) is 17.5. The number of nitrogens with zero attached hydrogens (tertiary/aromatic N) is 2. The van der Waals surface area contributed by atoms with Gasteiger partial charge in [0.25, 0.3) is 0 Å². The molecule has 6 rings (SSSR count). The first-order valence-electron chi connectivity index (χ1n) is 21.7. The summed E-state index contributed by atoms with van der Waals surface area (Å²) in [7, 11) is -7.08. The van der Waals surface area contributed by atoms with E-state index in [2.05, 4.69) is 46.7 Å². The van der Waals surface area contributed by atoms with Gasteiger partial charge < -0.3 is 42.8 Å². The monoisotopic (exact) mass is 935 g/mol. The van der Waals surface area contributed by atoms with Crippen LogP contribution in [-0.2, 0) is 59.5 Å². The number of carboxylic acid groups (broad SMARTS) is 1. The third kappa shape index (κ3) is 11.2. The normalized spacial score (nSPS) is 17.9. The van der Waals surface area contributed by atoms with E-state index in [1.165, 1.54) is 11.6 Å². The molecule has 0 bridgehead atoms. The van der Waals surface area contributed by atoms with E-state index in [1.54, 1.807) is 20.3 Å². The molecule has 0 fully saturated rings. The van der Waals surface area contributed by atoms with Crippen molar-refractivity contribution in [3.8, 4) is 0 Å². The molecule has 2 heterocycles. The molecule has 65 heavy (non-hydrogen) atoms. The third-order valence-electron chi connectivity index (χ3n) is 12.3. The summed E-state index contributed by atoms with van der Waals surface area (Å²) >= 11 is 0. The molecule has 2 aliphatic rings. The molecule has 0 saturated heterocycles. The summed E-state index contributed by atoms with van der Waals surface area (Å²) in [5, 5.41) is 11.7. The van der Waals surface area contributed by atoms with Gasteiger partial charge in [-0.15, -0.1) is 0 Å². The number of ether oxygens (including phenoxy) is 5. The molecule has 0 radical (unpaired) electrons. The first kappa shape index (κ1) is 49.9. The van der Waals surface area contributed by atoms with E-state index in [4.69, 9.17) is 23.7 Å². The predicted molar refractivity (Wildman–Crippen MR) is 245 cm³/mol. The Labute approximate surface area is 381 Å². The van der Waals surface area contributed by atoms with Gasteiger partial charge in [0.15, 0.2) is 5.71 Å². The fraction of sp³-hybridized carbons (Fsp3) is 0.458. The SMILES string of the molecule is COCCOCCOCCOCCC1(C)/C(=C\C=C\C2=[N+](CCCCCC(=O)O)c3ccc4c(S(=O)(=O)[O-])cc(S(=O)(=O)[O-])cc4c3C2(C)C)N(CCOC)c2ccc3ccccc3c21. The van der Waals surface area contributed by atoms with Crippen LogP contribution in [0.1, 0.15) is 64.0 Å². The van der Waals surface area contributed by atoms with Crippen molar-refractivity contribution in [2.24, 2.45) is 0 Å². The minimum atomic E-state index is -5.20. The molecule has 0 aliphatic carbocycles. The van der Waals surface area contributed by atoms with E-state index in [1.807, 2.05) is 38.1 Å². The zero-order valence-corrected chi connectivity index (χ0v) is 39.3. The first-order chi connectivity index (χ1) is 30.9. The maximum atomic E-state index is 12.5. The Morgan fingerprint density at radius 3 is 2.09 bits per heavy atom. The minimum absolute atomic E-state index is 0.00854. The molecule has 352 valence electrons. The molecule has 1 N–H and O–H groups in total. The Hall–Kier alpha value is -4.56. The highest BCUT2D eigenvalue weighted by molar-refractivity contribution is 7.86. The number of aliphatic carboxylic acids is 1. The van der Waals surface area contributed by atoms with E-state index in [-0.39, 0.29) is 17.2 Å². The van der Waals surface area contributed by atoms with Gasteiger partial charge in [-0.1, -0.05) is 36.4 Å². The Kier molecular flexibility index (Phi) is 16.4. The predicted octanol–water partition coefficient (Wildman–Crippen LogP) is 6.77. The van der Waals surface area contributed by atoms with Crippen LogP contribution in [0.2, 0.25) is 0 Å². The number of anilines is 1. The lowest BCUT2D eigenvalue weighted by Crippen LogP contribution is -2.32. The van der Waals surface area contributed by atoms with Crippen molar-refractivity contribution in [2.75, 3.05) is 85.1 Å². The Balaban J connectivity index is 1.41. The number of rotatable bonds is 25. The van der Waals surface area contributed by atoms with Crippen LogP contribution < -0.4 is 4.90 Å². The van der Waals surface area contributed by atoms with Gasteiger partial charge >= 0.3 is 5.97 Å². The molecule has 2 aliphatic heterocycles. The Morgan fingerprint density at radius 2 is 1.43 bits per heavy atom. The van der Waals surface area contributed by atoms with Gasteiger partial charge in [0.1, 0.15) is 26.8 Å². The maximum Gasteiger partial charge on any atom is 0.303 e. The zero-order chi connectivity index (χ0) is 47.0. The van der Waals surface area contributed by atoms with Crippen LogP contribution in [0, 0.1) is 0 Å². The molecule has 0 aromatic heterocycles. The fourth-order valence-corrected chi connectivity index (χ4v) is 10.5. The van der Waals surface area contributed by atoms with Crippen molar-refractivity contribution in [2.45, 2.75) is 73.5 Å². The molecule has 0 saturated carbocycles. The van der Waals surface area contributed by atoms with Crippen LogP contribution in [0.4, 0.5) is 11.4 Å². The summed E-state index contributed by atoms with van der Waals surface area (Å²) < 4.78 is 105. The fourth-order valence-electron chi connectivity index (χ4n) is 9.22. The van der Waals surface area contributed by atoms with Crippen LogP contribution in [0.3, 0.4) is 0 Å². The smallest absolute Gasteiger partial charge is 0.303 e.